The third-order valence-corrected chi connectivity index (χ3v) is 2.29. The Balaban J connectivity index is 2.13. The highest BCUT2D eigenvalue weighted by atomic mass is 16.3. The quantitative estimate of drug-likeness (QED) is 0.615. The van der Waals surface area contributed by atoms with E-state index in [1.807, 2.05) is 0 Å². The van der Waals surface area contributed by atoms with Crippen LogP contribution in [0.3, 0.4) is 0 Å². The predicted octanol–water partition coefficient (Wildman–Crippen LogP) is 0.711. The summed E-state index contributed by atoms with van der Waals surface area (Å²) < 4.78 is 0. The van der Waals surface area contributed by atoms with Gasteiger partial charge in [-0.3, -0.25) is 0 Å². The second kappa shape index (κ2) is 3.94. The monoisotopic (exact) mass is 143 g/mol. The minimum Gasteiger partial charge on any atom is -0.395 e. The Morgan fingerprint density at radius 2 is 2.00 bits per heavy atom. The summed E-state index contributed by atoms with van der Waals surface area (Å²) in [7, 11) is 0. The van der Waals surface area contributed by atoms with Crippen LogP contribution in [0.1, 0.15) is 19.8 Å². The van der Waals surface area contributed by atoms with E-state index in [9.17, 15) is 0 Å². The first-order valence-corrected chi connectivity index (χ1v) is 4.16. The molecule has 0 aromatic heterocycles. The lowest BCUT2D eigenvalue weighted by atomic mass is 9.99. The molecule has 1 N–H and O–H groups in total. The highest BCUT2D eigenvalue weighted by Crippen LogP contribution is 2.14. The van der Waals surface area contributed by atoms with Crippen molar-refractivity contribution in [2.75, 3.05) is 26.2 Å². The highest BCUT2D eigenvalue weighted by Gasteiger charge is 2.13. The molecule has 60 valence electrons. The third kappa shape index (κ3) is 2.27. The number of hydrogen-bond acceptors (Lipinski definition) is 2. The lowest BCUT2D eigenvalue weighted by Crippen LogP contribution is -2.34. The minimum absolute atomic E-state index is 0.314. The first-order chi connectivity index (χ1) is 4.83. The average molecular weight is 143 g/mol. The lowest BCUT2D eigenvalue weighted by molar-refractivity contribution is 0.152. The van der Waals surface area contributed by atoms with E-state index in [0.29, 0.717) is 6.61 Å². The van der Waals surface area contributed by atoms with E-state index in [2.05, 4.69) is 11.8 Å². The number of β-amino-alcohol motifs (C(OH)–C–C–N with tert-alkyl or cyclic N) is 1. The standard InChI is InChI=1S/C8H17NO/c1-8-2-4-9(5-3-8)6-7-10/h8,10H,2-7H2,1H3. The van der Waals surface area contributed by atoms with Crippen molar-refractivity contribution in [1.29, 1.82) is 0 Å². The van der Waals surface area contributed by atoms with Gasteiger partial charge in [0.15, 0.2) is 0 Å². The fraction of sp³-hybridized carbons (Fsp3) is 1.00. The molecule has 0 atom stereocenters. The third-order valence-electron chi connectivity index (χ3n) is 2.29. The van der Waals surface area contributed by atoms with Gasteiger partial charge >= 0.3 is 0 Å². The van der Waals surface area contributed by atoms with Crippen LogP contribution in [0.25, 0.3) is 0 Å². The van der Waals surface area contributed by atoms with Crippen molar-refractivity contribution >= 4 is 0 Å². The number of aliphatic hydroxyl groups excluding tert-OH is 1. The highest BCUT2D eigenvalue weighted by molar-refractivity contribution is 4.68. The van der Waals surface area contributed by atoms with Gasteiger partial charge in [0, 0.05) is 6.54 Å². The van der Waals surface area contributed by atoms with Crippen LogP contribution in [0.4, 0.5) is 0 Å². The van der Waals surface area contributed by atoms with Gasteiger partial charge in [0.2, 0.25) is 0 Å². The molecule has 10 heavy (non-hydrogen) atoms. The van der Waals surface area contributed by atoms with Gasteiger partial charge in [-0.2, -0.15) is 0 Å². The molecule has 0 saturated carbocycles. The van der Waals surface area contributed by atoms with Crippen LogP contribution in [-0.4, -0.2) is 36.2 Å². The number of nitrogens with zero attached hydrogens (tertiary/aromatic N) is 1. The van der Waals surface area contributed by atoms with E-state index in [-0.39, 0.29) is 0 Å². The van der Waals surface area contributed by atoms with Gasteiger partial charge in [-0.1, -0.05) is 6.92 Å². The fourth-order valence-corrected chi connectivity index (χ4v) is 1.43. The summed E-state index contributed by atoms with van der Waals surface area (Å²) in [5.41, 5.74) is 0. The maximum Gasteiger partial charge on any atom is 0.0558 e. The number of piperidine rings is 1. The molecule has 0 spiro atoms. The molecule has 1 saturated heterocycles. The molecule has 1 rings (SSSR count). The van der Waals surface area contributed by atoms with Crippen molar-refractivity contribution in [3.63, 3.8) is 0 Å². The van der Waals surface area contributed by atoms with Crippen molar-refractivity contribution in [1.82, 2.24) is 4.90 Å². The summed E-state index contributed by atoms with van der Waals surface area (Å²) >= 11 is 0. The molecular formula is C8H17NO. The molecule has 0 unspecified atom stereocenters. The van der Waals surface area contributed by atoms with Crippen molar-refractivity contribution in [2.45, 2.75) is 19.8 Å². The minimum atomic E-state index is 0.314. The van der Waals surface area contributed by atoms with E-state index in [4.69, 9.17) is 5.11 Å². The topological polar surface area (TPSA) is 23.5 Å². The Kier molecular flexibility index (Phi) is 3.16. The normalized spacial score (nSPS) is 23.4. The molecule has 1 aliphatic heterocycles. The Morgan fingerprint density at radius 1 is 1.40 bits per heavy atom. The van der Waals surface area contributed by atoms with Crippen LogP contribution in [0.15, 0.2) is 0 Å². The van der Waals surface area contributed by atoms with Gasteiger partial charge in [-0.15, -0.1) is 0 Å². The molecular weight excluding hydrogens is 126 g/mol. The second-order valence-electron chi connectivity index (χ2n) is 3.25. The van der Waals surface area contributed by atoms with Crippen molar-refractivity contribution < 1.29 is 5.11 Å². The summed E-state index contributed by atoms with van der Waals surface area (Å²) in [4.78, 5) is 2.33. The lowest BCUT2D eigenvalue weighted by Gasteiger charge is -2.29. The molecule has 1 fully saturated rings. The Hall–Kier alpha value is -0.0800. The van der Waals surface area contributed by atoms with Gasteiger partial charge in [-0.25, -0.2) is 0 Å². The number of likely N-dealkylation sites (tertiary alicyclic amines) is 1. The Morgan fingerprint density at radius 3 is 2.50 bits per heavy atom. The van der Waals surface area contributed by atoms with Crippen LogP contribution < -0.4 is 0 Å². The molecule has 0 amide bonds. The predicted molar refractivity (Wildman–Crippen MR) is 41.9 cm³/mol. The van der Waals surface area contributed by atoms with Gasteiger partial charge < -0.3 is 10.0 Å². The van der Waals surface area contributed by atoms with Crippen LogP contribution >= 0.6 is 0 Å². The van der Waals surface area contributed by atoms with Gasteiger partial charge in [0.25, 0.3) is 0 Å². The summed E-state index contributed by atoms with van der Waals surface area (Å²) in [6, 6.07) is 0. The van der Waals surface area contributed by atoms with Gasteiger partial charge in [0.05, 0.1) is 6.61 Å². The van der Waals surface area contributed by atoms with Gasteiger partial charge in [-0.05, 0) is 31.8 Å². The Labute approximate surface area is 62.8 Å². The smallest absolute Gasteiger partial charge is 0.0558 e. The first-order valence-electron chi connectivity index (χ1n) is 4.16. The molecule has 1 heterocycles. The molecule has 0 bridgehead atoms. The van der Waals surface area contributed by atoms with E-state index < -0.39 is 0 Å². The number of aliphatic hydroxyl groups is 1. The van der Waals surface area contributed by atoms with E-state index in [0.717, 1.165) is 12.5 Å². The van der Waals surface area contributed by atoms with Crippen LogP contribution in [0.2, 0.25) is 0 Å². The van der Waals surface area contributed by atoms with Crippen LogP contribution in [0, 0.1) is 5.92 Å². The van der Waals surface area contributed by atoms with Gasteiger partial charge in [0.1, 0.15) is 0 Å². The maximum atomic E-state index is 8.64. The first kappa shape index (κ1) is 8.02. The fourth-order valence-electron chi connectivity index (χ4n) is 1.43. The van der Waals surface area contributed by atoms with E-state index >= 15 is 0 Å². The zero-order valence-corrected chi connectivity index (χ0v) is 6.71. The summed E-state index contributed by atoms with van der Waals surface area (Å²) in [5.74, 6) is 0.898. The van der Waals surface area contributed by atoms with Crippen molar-refractivity contribution in [2.24, 2.45) is 5.92 Å². The summed E-state index contributed by atoms with van der Waals surface area (Å²) in [5, 5.41) is 8.64. The molecule has 1 aliphatic rings. The molecule has 0 aromatic carbocycles. The maximum absolute atomic E-state index is 8.64. The number of rotatable bonds is 2. The van der Waals surface area contributed by atoms with Crippen molar-refractivity contribution in [3.8, 4) is 0 Å². The zero-order chi connectivity index (χ0) is 7.40. The summed E-state index contributed by atoms with van der Waals surface area (Å²) in [6.45, 7) is 5.85. The summed E-state index contributed by atoms with van der Waals surface area (Å²) in [6.07, 6.45) is 2.61. The average Bonchev–Trinajstić information content (AvgIpc) is 1.95. The molecule has 0 aromatic rings. The number of hydrogen-bond donors (Lipinski definition) is 1. The largest absolute Gasteiger partial charge is 0.395 e. The zero-order valence-electron chi connectivity index (χ0n) is 6.71. The SMILES string of the molecule is CC1CCN(CCO)CC1. The molecule has 2 nitrogen and oxygen atoms in total. The Bertz CT molecular complexity index is 87.3. The van der Waals surface area contributed by atoms with Crippen molar-refractivity contribution in [3.05, 3.63) is 0 Å². The second-order valence-corrected chi connectivity index (χ2v) is 3.25. The molecule has 2 heteroatoms. The van der Waals surface area contributed by atoms with E-state index in [1.54, 1.807) is 0 Å². The van der Waals surface area contributed by atoms with Crippen LogP contribution in [0.5, 0.6) is 0 Å². The molecule has 0 aliphatic carbocycles. The van der Waals surface area contributed by atoms with Crippen LogP contribution in [-0.2, 0) is 0 Å². The van der Waals surface area contributed by atoms with E-state index in [1.165, 1.54) is 25.9 Å². The molecule has 0 radical (unpaired) electrons.